The maximum absolute atomic E-state index is 13.0. The van der Waals surface area contributed by atoms with E-state index in [-0.39, 0.29) is 29.3 Å². The van der Waals surface area contributed by atoms with Crippen molar-refractivity contribution in [3.05, 3.63) is 89.2 Å². The fourth-order valence-electron chi connectivity index (χ4n) is 2.71. The van der Waals surface area contributed by atoms with Crippen LogP contribution in [0.1, 0.15) is 18.5 Å². The van der Waals surface area contributed by atoms with Crippen LogP contribution in [0, 0.1) is 5.82 Å². The number of ether oxygens (including phenoxy) is 1. The second-order valence-electron chi connectivity index (χ2n) is 6.71. The normalized spacial score (nSPS) is 12.1. The van der Waals surface area contributed by atoms with E-state index in [1.807, 2.05) is 0 Å². The van der Waals surface area contributed by atoms with Crippen LogP contribution in [-0.4, -0.2) is 20.9 Å². The van der Waals surface area contributed by atoms with Gasteiger partial charge in [0.1, 0.15) is 11.6 Å². The molecular weight excluding hydrogens is 443 g/mol. The SMILES string of the molecule is CC(NC(=O)COc1ccc(S(=O)(=O)Nc2ccc(Cl)cc2)cc1)c1ccc(F)cc1. The molecule has 0 bridgehead atoms. The Hall–Kier alpha value is -3.10. The Bertz CT molecular complexity index is 1140. The molecule has 1 atom stereocenters. The summed E-state index contributed by atoms with van der Waals surface area (Å²) in [6.07, 6.45) is 0. The number of nitrogens with one attached hydrogen (secondary N) is 2. The number of hydrogen-bond acceptors (Lipinski definition) is 4. The molecule has 2 N–H and O–H groups in total. The van der Waals surface area contributed by atoms with Crippen molar-refractivity contribution in [2.24, 2.45) is 0 Å². The van der Waals surface area contributed by atoms with Crippen LogP contribution in [0.25, 0.3) is 0 Å². The average Bonchev–Trinajstić information content (AvgIpc) is 2.74. The minimum absolute atomic E-state index is 0.0455. The van der Waals surface area contributed by atoms with Gasteiger partial charge in [-0.15, -0.1) is 0 Å². The van der Waals surface area contributed by atoms with Crippen molar-refractivity contribution in [2.45, 2.75) is 17.9 Å². The zero-order valence-electron chi connectivity index (χ0n) is 16.5. The number of amides is 1. The molecule has 1 amide bonds. The number of carbonyl (C=O) groups excluding carboxylic acids is 1. The van der Waals surface area contributed by atoms with E-state index in [0.717, 1.165) is 5.56 Å². The van der Waals surface area contributed by atoms with Crippen molar-refractivity contribution in [2.75, 3.05) is 11.3 Å². The molecule has 6 nitrogen and oxygen atoms in total. The molecule has 0 fully saturated rings. The molecule has 0 saturated carbocycles. The summed E-state index contributed by atoms with van der Waals surface area (Å²) in [6, 6.07) is 17.5. The van der Waals surface area contributed by atoms with Crippen molar-refractivity contribution in [3.8, 4) is 5.75 Å². The molecule has 3 aromatic carbocycles. The van der Waals surface area contributed by atoms with Gasteiger partial charge in [-0.2, -0.15) is 0 Å². The predicted molar refractivity (Wildman–Crippen MR) is 117 cm³/mol. The Kier molecular flexibility index (Phi) is 7.14. The molecule has 0 spiro atoms. The van der Waals surface area contributed by atoms with Crippen molar-refractivity contribution >= 4 is 33.2 Å². The second kappa shape index (κ2) is 9.80. The summed E-state index contributed by atoms with van der Waals surface area (Å²) in [5.41, 5.74) is 1.15. The Morgan fingerprint density at radius 3 is 2.23 bits per heavy atom. The lowest BCUT2D eigenvalue weighted by Gasteiger charge is -2.15. The van der Waals surface area contributed by atoms with Gasteiger partial charge in [0.2, 0.25) is 0 Å². The van der Waals surface area contributed by atoms with E-state index in [1.54, 1.807) is 43.3 Å². The van der Waals surface area contributed by atoms with Gasteiger partial charge in [-0.05, 0) is 73.2 Å². The molecule has 162 valence electrons. The van der Waals surface area contributed by atoms with E-state index in [2.05, 4.69) is 10.0 Å². The zero-order chi connectivity index (χ0) is 22.4. The molecule has 0 saturated heterocycles. The number of sulfonamides is 1. The van der Waals surface area contributed by atoms with E-state index >= 15 is 0 Å². The maximum Gasteiger partial charge on any atom is 0.261 e. The van der Waals surface area contributed by atoms with Gasteiger partial charge in [0.05, 0.1) is 10.9 Å². The van der Waals surface area contributed by atoms with Gasteiger partial charge in [-0.1, -0.05) is 23.7 Å². The average molecular weight is 463 g/mol. The highest BCUT2D eigenvalue weighted by molar-refractivity contribution is 7.92. The zero-order valence-corrected chi connectivity index (χ0v) is 18.1. The third kappa shape index (κ3) is 6.44. The van der Waals surface area contributed by atoms with Crippen LogP contribution < -0.4 is 14.8 Å². The number of carbonyl (C=O) groups is 1. The summed E-state index contributed by atoms with van der Waals surface area (Å²) < 4.78 is 45.8. The number of benzene rings is 3. The molecule has 3 aromatic rings. The first-order valence-electron chi connectivity index (χ1n) is 9.29. The third-order valence-electron chi connectivity index (χ3n) is 4.35. The van der Waals surface area contributed by atoms with Crippen molar-refractivity contribution in [3.63, 3.8) is 0 Å². The lowest BCUT2D eigenvalue weighted by atomic mass is 10.1. The predicted octanol–water partition coefficient (Wildman–Crippen LogP) is 4.54. The van der Waals surface area contributed by atoms with E-state index in [9.17, 15) is 17.6 Å². The molecule has 9 heteroatoms. The van der Waals surface area contributed by atoms with Crippen LogP contribution in [0.2, 0.25) is 5.02 Å². The van der Waals surface area contributed by atoms with Crippen LogP contribution in [0.3, 0.4) is 0 Å². The quantitative estimate of drug-likeness (QED) is 0.515. The van der Waals surface area contributed by atoms with Crippen molar-refractivity contribution in [1.82, 2.24) is 5.32 Å². The minimum atomic E-state index is -3.78. The molecule has 0 aliphatic carbocycles. The second-order valence-corrected chi connectivity index (χ2v) is 8.83. The van der Waals surface area contributed by atoms with Gasteiger partial charge in [0.25, 0.3) is 15.9 Å². The molecular formula is C22H20ClFN2O4S. The highest BCUT2D eigenvalue weighted by atomic mass is 35.5. The van der Waals surface area contributed by atoms with Crippen LogP contribution in [0.4, 0.5) is 10.1 Å². The van der Waals surface area contributed by atoms with Crippen molar-refractivity contribution in [1.29, 1.82) is 0 Å². The summed E-state index contributed by atoms with van der Waals surface area (Å²) in [5.74, 6) is -0.368. The highest BCUT2D eigenvalue weighted by Crippen LogP contribution is 2.21. The summed E-state index contributed by atoms with van der Waals surface area (Å²) in [5, 5.41) is 3.25. The monoisotopic (exact) mass is 462 g/mol. The fourth-order valence-corrected chi connectivity index (χ4v) is 3.90. The summed E-state index contributed by atoms with van der Waals surface area (Å²) in [6.45, 7) is 1.53. The van der Waals surface area contributed by atoms with Gasteiger partial charge in [-0.3, -0.25) is 9.52 Å². The van der Waals surface area contributed by atoms with Gasteiger partial charge in [-0.25, -0.2) is 12.8 Å². The van der Waals surface area contributed by atoms with Crippen LogP contribution in [0.15, 0.2) is 77.7 Å². The van der Waals surface area contributed by atoms with E-state index in [4.69, 9.17) is 16.3 Å². The lowest BCUT2D eigenvalue weighted by molar-refractivity contribution is -0.123. The topological polar surface area (TPSA) is 84.5 Å². The molecule has 0 radical (unpaired) electrons. The molecule has 3 rings (SSSR count). The Balaban J connectivity index is 1.54. The smallest absolute Gasteiger partial charge is 0.261 e. The van der Waals surface area contributed by atoms with Gasteiger partial charge >= 0.3 is 0 Å². The van der Waals surface area contributed by atoms with Gasteiger partial charge in [0.15, 0.2) is 6.61 Å². The van der Waals surface area contributed by atoms with Gasteiger partial charge < -0.3 is 10.1 Å². The Morgan fingerprint density at radius 2 is 1.61 bits per heavy atom. The molecule has 0 aliphatic heterocycles. The molecule has 1 unspecified atom stereocenters. The van der Waals surface area contributed by atoms with Crippen molar-refractivity contribution < 1.29 is 22.3 Å². The summed E-state index contributed by atoms with van der Waals surface area (Å²) in [4.78, 5) is 12.1. The molecule has 0 aromatic heterocycles. The van der Waals surface area contributed by atoms with Crippen LogP contribution >= 0.6 is 11.6 Å². The number of hydrogen-bond donors (Lipinski definition) is 2. The van der Waals surface area contributed by atoms with Gasteiger partial charge in [0, 0.05) is 10.7 Å². The largest absolute Gasteiger partial charge is 0.484 e. The standard InChI is InChI=1S/C22H20ClFN2O4S/c1-15(16-2-6-18(24)7-3-16)25-22(27)14-30-20-10-12-21(13-11-20)31(28,29)26-19-8-4-17(23)5-9-19/h2-13,15,26H,14H2,1H3,(H,25,27). The van der Waals surface area contributed by atoms with Crippen LogP contribution in [0.5, 0.6) is 5.75 Å². The minimum Gasteiger partial charge on any atom is -0.484 e. The highest BCUT2D eigenvalue weighted by Gasteiger charge is 2.15. The molecule has 0 aliphatic rings. The number of halogens is 2. The van der Waals surface area contributed by atoms with E-state index < -0.39 is 10.0 Å². The van der Waals surface area contributed by atoms with E-state index in [1.165, 1.54) is 36.4 Å². The Labute approximate surface area is 185 Å². The summed E-state index contributed by atoms with van der Waals surface area (Å²) >= 11 is 5.80. The van der Waals surface area contributed by atoms with E-state index in [0.29, 0.717) is 16.5 Å². The number of anilines is 1. The lowest BCUT2D eigenvalue weighted by Crippen LogP contribution is -2.31. The fraction of sp³-hybridized carbons (Fsp3) is 0.136. The first-order chi connectivity index (χ1) is 14.7. The maximum atomic E-state index is 13.0. The van der Waals surface area contributed by atoms with Crippen LogP contribution in [-0.2, 0) is 14.8 Å². The first kappa shape index (κ1) is 22.6. The molecule has 0 heterocycles. The third-order valence-corrected chi connectivity index (χ3v) is 6.00. The Morgan fingerprint density at radius 1 is 1.00 bits per heavy atom. The number of rotatable bonds is 8. The summed E-state index contributed by atoms with van der Waals surface area (Å²) in [7, 11) is -3.78. The molecule has 31 heavy (non-hydrogen) atoms. The first-order valence-corrected chi connectivity index (χ1v) is 11.1.